The molecule has 166 valence electrons. The Labute approximate surface area is 184 Å². The number of carbonyl (C=O) groups excluding carboxylic acids is 1. The van der Waals surface area contributed by atoms with Gasteiger partial charge in [-0.3, -0.25) is 9.36 Å². The molecule has 0 saturated carbocycles. The molecule has 32 heavy (non-hydrogen) atoms. The lowest BCUT2D eigenvalue weighted by Gasteiger charge is -2.27. The molecule has 10 heteroatoms. The topological polar surface area (TPSA) is 67.5 Å². The number of amides is 1. The molecule has 0 radical (unpaired) electrons. The monoisotopic (exact) mass is 461 g/mol. The molecule has 1 saturated heterocycles. The van der Waals surface area contributed by atoms with Gasteiger partial charge in [0.05, 0.1) is 29.1 Å². The fraction of sp³-hybridized carbons (Fsp3) is 0.273. The highest BCUT2D eigenvalue weighted by atomic mass is 32.2. The van der Waals surface area contributed by atoms with E-state index < -0.39 is 29.4 Å². The number of thioether (sulfide) groups is 1. The second kappa shape index (κ2) is 7.47. The van der Waals surface area contributed by atoms with E-state index in [1.165, 1.54) is 28.5 Å². The molecule has 2 aliphatic rings. The Balaban J connectivity index is 1.44. The maximum absolute atomic E-state index is 13.1. The Hall–Kier alpha value is -3.14. The van der Waals surface area contributed by atoms with E-state index in [-0.39, 0.29) is 29.1 Å². The highest BCUT2D eigenvalue weighted by Gasteiger charge is 2.49. The number of nitrogens with zero attached hydrogens (tertiary/aromatic N) is 3. The number of alkyl halides is 3. The fourth-order valence-corrected chi connectivity index (χ4v) is 5.33. The van der Waals surface area contributed by atoms with Crippen LogP contribution in [0.1, 0.15) is 29.8 Å². The summed E-state index contributed by atoms with van der Waals surface area (Å²) in [6.45, 7) is 0.331. The van der Waals surface area contributed by atoms with Crippen molar-refractivity contribution >= 4 is 17.7 Å². The number of imidazole rings is 1. The summed E-state index contributed by atoms with van der Waals surface area (Å²) in [5.41, 5.74) is -1.30. The summed E-state index contributed by atoms with van der Waals surface area (Å²) < 4.78 is 41.6. The summed E-state index contributed by atoms with van der Waals surface area (Å²) in [7, 11) is 0. The molecule has 3 heterocycles. The molecule has 1 amide bonds. The quantitative estimate of drug-likeness (QED) is 0.597. The molecule has 0 spiro atoms. The lowest BCUT2D eigenvalue weighted by atomic mass is 10.1. The first-order valence-electron chi connectivity index (χ1n) is 9.96. The number of aromatic hydroxyl groups is 1. The number of carbonyl (C=O) groups is 1. The SMILES string of the molecule is O=C(CSc1ccccc1)N1CC2CC1c1c(O)n(-c3cccc(C(F)(F)F)c3)c(=O)n12. The minimum absolute atomic E-state index is 0.0684. The van der Waals surface area contributed by atoms with Crippen molar-refractivity contribution in [1.29, 1.82) is 0 Å². The Kier molecular flexibility index (Phi) is 4.85. The van der Waals surface area contributed by atoms with E-state index in [0.717, 1.165) is 21.6 Å². The van der Waals surface area contributed by atoms with Crippen molar-refractivity contribution < 1.29 is 23.1 Å². The number of benzene rings is 2. The van der Waals surface area contributed by atoms with E-state index >= 15 is 0 Å². The van der Waals surface area contributed by atoms with Gasteiger partial charge in [-0.2, -0.15) is 13.2 Å². The summed E-state index contributed by atoms with van der Waals surface area (Å²) >= 11 is 1.40. The summed E-state index contributed by atoms with van der Waals surface area (Å²) in [6, 6.07) is 13.0. The lowest BCUT2D eigenvalue weighted by Crippen LogP contribution is -2.38. The second-order valence-electron chi connectivity index (χ2n) is 7.80. The van der Waals surface area contributed by atoms with E-state index in [1.807, 2.05) is 30.3 Å². The molecule has 2 aliphatic heterocycles. The summed E-state index contributed by atoms with van der Waals surface area (Å²) in [4.78, 5) is 28.5. The van der Waals surface area contributed by atoms with Gasteiger partial charge in [0.25, 0.3) is 0 Å². The minimum Gasteiger partial charge on any atom is -0.493 e. The molecule has 2 aromatic carbocycles. The van der Waals surface area contributed by atoms with Gasteiger partial charge in [-0.05, 0) is 36.8 Å². The number of aromatic nitrogens is 2. The van der Waals surface area contributed by atoms with Gasteiger partial charge in [-0.1, -0.05) is 24.3 Å². The molecule has 5 rings (SSSR count). The van der Waals surface area contributed by atoms with Crippen LogP contribution in [-0.2, 0) is 11.0 Å². The molecule has 1 aromatic heterocycles. The van der Waals surface area contributed by atoms with E-state index in [2.05, 4.69) is 0 Å². The Bertz CT molecular complexity index is 1250. The lowest BCUT2D eigenvalue weighted by molar-refractivity contribution is -0.137. The molecular formula is C22H18F3N3O3S. The van der Waals surface area contributed by atoms with Gasteiger partial charge in [-0.25, -0.2) is 9.36 Å². The van der Waals surface area contributed by atoms with Crippen molar-refractivity contribution in [2.45, 2.75) is 29.6 Å². The standard InChI is InChI=1S/C22H18F3N3O3S/c23-22(24,25)13-5-4-6-14(9-13)28-20(30)19-17-10-15(27(19)21(28)31)11-26(17)18(29)12-32-16-7-2-1-3-8-16/h1-9,15,17,30H,10-12H2. The van der Waals surface area contributed by atoms with Crippen molar-refractivity contribution in [3.05, 3.63) is 76.3 Å². The zero-order valence-corrected chi connectivity index (χ0v) is 17.4. The number of hydrogen-bond donors (Lipinski definition) is 1. The third kappa shape index (κ3) is 3.29. The van der Waals surface area contributed by atoms with Crippen LogP contribution in [0, 0.1) is 0 Å². The zero-order chi connectivity index (χ0) is 22.6. The number of halogens is 3. The summed E-state index contributed by atoms with van der Waals surface area (Å²) in [6.07, 6.45) is -4.07. The smallest absolute Gasteiger partial charge is 0.416 e. The van der Waals surface area contributed by atoms with Gasteiger partial charge < -0.3 is 10.0 Å². The Morgan fingerprint density at radius 2 is 1.88 bits per heavy atom. The first-order chi connectivity index (χ1) is 15.3. The molecule has 2 atom stereocenters. The highest BCUT2D eigenvalue weighted by Crippen LogP contribution is 2.49. The molecule has 6 nitrogen and oxygen atoms in total. The van der Waals surface area contributed by atoms with Crippen molar-refractivity contribution in [1.82, 2.24) is 14.0 Å². The van der Waals surface area contributed by atoms with E-state index in [1.54, 1.807) is 4.90 Å². The van der Waals surface area contributed by atoms with Gasteiger partial charge in [0.2, 0.25) is 11.8 Å². The minimum atomic E-state index is -4.57. The number of fused-ring (bicyclic) bond motifs is 5. The van der Waals surface area contributed by atoms with E-state index in [0.29, 0.717) is 13.0 Å². The van der Waals surface area contributed by atoms with Crippen LogP contribution in [0.5, 0.6) is 5.88 Å². The number of likely N-dealkylation sites (tertiary alicyclic amines) is 1. The fourth-order valence-electron chi connectivity index (χ4n) is 4.52. The Morgan fingerprint density at radius 1 is 1.12 bits per heavy atom. The van der Waals surface area contributed by atoms with Crippen LogP contribution in [0.15, 0.2) is 64.3 Å². The van der Waals surface area contributed by atoms with Crippen LogP contribution in [0.25, 0.3) is 5.69 Å². The number of rotatable bonds is 4. The third-order valence-corrected chi connectivity index (χ3v) is 6.91. The molecule has 0 aliphatic carbocycles. The predicted octanol–water partition coefficient (Wildman–Crippen LogP) is 3.98. The number of hydrogen-bond acceptors (Lipinski definition) is 4. The Morgan fingerprint density at radius 3 is 2.59 bits per heavy atom. The molecular weight excluding hydrogens is 443 g/mol. The predicted molar refractivity (Wildman–Crippen MR) is 112 cm³/mol. The molecule has 1 N–H and O–H groups in total. The van der Waals surface area contributed by atoms with Gasteiger partial charge in [0.15, 0.2) is 0 Å². The van der Waals surface area contributed by atoms with Gasteiger partial charge in [0, 0.05) is 11.4 Å². The van der Waals surface area contributed by atoms with E-state index in [9.17, 15) is 27.9 Å². The molecule has 1 fully saturated rings. The second-order valence-corrected chi connectivity index (χ2v) is 8.85. The maximum atomic E-state index is 13.1. The van der Waals surface area contributed by atoms with Crippen molar-refractivity contribution in [3.8, 4) is 11.6 Å². The van der Waals surface area contributed by atoms with Crippen LogP contribution in [0.2, 0.25) is 0 Å². The normalized spacial score (nSPS) is 19.4. The average molecular weight is 461 g/mol. The highest BCUT2D eigenvalue weighted by molar-refractivity contribution is 8.00. The molecule has 2 unspecified atom stereocenters. The maximum Gasteiger partial charge on any atom is 0.416 e. The summed E-state index contributed by atoms with van der Waals surface area (Å²) in [5, 5.41) is 10.8. The van der Waals surface area contributed by atoms with Crippen LogP contribution < -0.4 is 5.69 Å². The van der Waals surface area contributed by atoms with Crippen molar-refractivity contribution in [3.63, 3.8) is 0 Å². The zero-order valence-electron chi connectivity index (χ0n) is 16.6. The summed E-state index contributed by atoms with van der Waals surface area (Å²) in [5.74, 6) is -0.321. The van der Waals surface area contributed by atoms with Gasteiger partial charge >= 0.3 is 11.9 Å². The van der Waals surface area contributed by atoms with Crippen molar-refractivity contribution in [2.24, 2.45) is 0 Å². The van der Waals surface area contributed by atoms with Gasteiger partial charge in [0.1, 0.15) is 5.69 Å². The van der Waals surface area contributed by atoms with Crippen molar-refractivity contribution in [2.75, 3.05) is 12.3 Å². The van der Waals surface area contributed by atoms with Crippen LogP contribution in [-0.4, -0.2) is 37.3 Å². The van der Waals surface area contributed by atoms with E-state index in [4.69, 9.17) is 0 Å². The average Bonchev–Trinajstić information content (AvgIpc) is 3.43. The molecule has 2 bridgehead atoms. The van der Waals surface area contributed by atoms with Crippen LogP contribution in [0.3, 0.4) is 0 Å². The first kappa shape index (κ1) is 20.7. The van der Waals surface area contributed by atoms with Gasteiger partial charge in [-0.15, -0.1) is 11.8 Å². The van der Waals surface area contributed by atoms with Crippen LogP contribution in [0.4, 0.5) is 13.2 Å². The largest absolute Gasteiger partial charge is 0.493 e. The third-order valence-electron chi connectivity index (χ3n) is 5.92. The first-order valence-corrected chi connectivity index (χ1v) is 11.0. The van der Waals surface area contributed by atoms with Crippen LogP contribution >= 0.6 is 11.8 Å². The molecule has 3 aromatic rings.